The van der Waals surface area contributed by atoms with Crippen molar-refractivity contribution in [2.75, 3.05) is 24.4 Å². The standard InChI is InChI=1S/C24H19ClN2O4/c1-30-18-7-5-6-16(14-18)26-22-21(19-8-3-4-9-20(19)31-2)23(28)27(24(22)29)17-12-10-15(25)11-13-17/h3-14,26H,1-2H3. The number of hydrogen-bond acceptors (Lipinski definition) is 5. The summed E-state index contributed by atoms with van der Waals surface area (Å²) in [4.78, 5) is 28.0. The molecule has 156 valence electrons. The summed E-state index contributed by atoms with van der Waals surface area (Å²) < 4.78 is 10.7. The Balaban J connectivity index is 1.85. The number of amides is 2. The Morgan fingerprint density at radius 1 is 0.839 bits per heavy atom. The van der Waals surface area contributed by atoms with Crippen molar-refractivity contribution in [3.8, 4) is 11.5 Å². The third-order valence-corrected chi connectivity index (χ3v) is 5.14. The Labute approximate surface area is 184 Å². The van der Waals surface area contributed by atoms with E-state index in [1.165, 1.54) is 7.11 Å². The van der Waals surface area contributed by atoms with Crippen LogP contribution in [-0.2, 0) is 9.59 Å². The van der Waals surface area contributed by atoms with Crippen molar-refractivity contribution in [2.24, 2.45) is 0 Å². The molecule has 31 heavy (non-hydrogen) atoms. The van der Waals surface area contributed by atoms with Gasteiger partial charge in [-0.05, 0) is 42.5 Å². The molecular formula is C24H19ClN2O4. The summed E-state index contributed by atoms with van der Waals surface area (Å²) in [5.41, 5.74) is 1.93. The largest absolute Gasteiger partial charge is 0.497 e. The zero-order chi connectivity index (χ0) is 22.0. The van der Waals surface area contributed by atoms with Gasteiger partial charge in [0.15, 0.2) is 0 Å². The Morgan fingerprint density at radius 3 is 2.29 bits per heavy atom. The molecule has 1 aliphatic heterocycles. The zero-order valence-corrected chi connectivity index (χ0v) is 17.6. The van der Waals surface area contributed by atoms with Gasteiger partial charge in [-0.3, -0.25) is 9.59 Å². The van der Waals surface area contributed by atoms with Gasteiger partial charge in [-0.1, -0.05) is 35.9 Å². The third kappa shape index (κ3) is 3.85. The molecule has 3 aromatic rings. The number of benzene rings is 3. The van der Waals surface area contributed by atoms with Gasteiger partial charge in [-0.25, -0.2) is 4.90 Å². The van der Waals surface area contributed by atoms with Gasteiger partial charge in [-0.2, -0.15) is 0 Å². The summed E-state index contributed by atoms with van der Waals surface area (Å²) in [6.07, 6.45) is 0. The highest BCUT2D eigenvalue weighted by atomic mass is 35.5. The van der Waals surface area contributed by atoms with Gasteiger partial charge in [0.05, 0.1) is 25.5 Å². The number of nitrogens with zero attached hydrogens (tertiary/aromatic N) is 1. The molecule has 7 heteroatoms. The molecule has 0 spiro atoms. The second-order valence-corrected chi connectivity index (χ2v) is 7.17. The van der Waals surface area contributed by atoms with Crippen LogP contribution < -0.4 is 19.7 Å². The minimum atomic E-state index is -0.476. The van der Waals surface area contributed by atoms with Gasteiger partial charge in [0.1, 0.15) is 17.2 Å². The maximum Gasteiger partial charge on any atom is 0.282 e. The van der Waals surface area contributed by atoms with E-state index < -0.39 is 11.8 Å². The maximum atomic E-state index is 13.5. The number of hydrogen-bond donors (Lipinski definition) is 1. The lowest BCUT2D eigenvalue weighted by Crippen LogP contribution is -2.32. The van der Waals surface area contributed by atoms with E-state index in [0.29, 0.717) is 33.5 Å². The Bertz CT molecular complexity index is 1190. The topological polar surface area (TPSA) is 67.9 Å². The van der Waals surface area contributed by atoms with E-state index in [9.17, 15) is 9.59 Å². The second-order valence-electron chi connectivity index (χ2n) is 6.73. The molecule has 6 nitrogen and oxygen atoms in total. The van der Waals surface area contributed by atoms with Crippen molar-refractivity contribution in [3.63, 3.8) is 0 Å². The first-order valence-electron chi connectivity index (χ1n) is 9.46. The summed E-state index contributed by atoms with van der Waals surface area (Å²) in [5.74, 6) is 0.176. The zero-order valence-electron chi connectivity index (χ0n) is 16.9. The van der Waals surface area contributed by atoms with Crippen LogP contribution in [0.15, 0.2) is 78.5 Å². The highest BCUT2D eigenvalue weighted by molar-refractivity contribution is 6.46. The predicted octanol–water partition coefficient (Wildman–Crippen LogP) is 4.75. The van der Waals surface area contributed by atoms with Gasteiger partial charge >= 0.3 is 0 Å². The number of para-hydroxylation sites is 1. The van der Waals surface area contributed by atoms with Gasteiger partial charge in [-0.15, -0.1) is 0 Å². The fourth-order valence-electron chi connectivity index (χ4n) is 3.42. The maximum absolute atomic E-state index is 13.5. The van der Waals surface area contributed by atoms with Gasteiger partial charge in [0.25, 0.3) is 11.8 Å². The van der Waals surface area contributed by atoms with Crippen molar-refractivity contribution in [1.29, 1.82) is 0 Å². The monoisotopic (exact) mass is 434 g/mol. The van der Waals surface area contributed by atoms with Gasteiger partial charge < -0.3 is 14.8 Å². The van der Waals surface area contributed by atoms with Crippen LogP contribution in [0.3, 0.4) is 0 Å². The highest BCUT2D eigenvalue weighted by Crippen LogP contribution is 2.37. The normalized spacial score (nSPS) is 13.6. The van der Waals surface area contributed by atoms with Crippen LogP contribution in [0.2, 0.25) is 5.02 Å². The van der Waals surface area contributed by atoms with Crippen molar-refractivity contribution < 1.29 is 19.1 Å². The molecule has 0 saturated carbocycles. The van der Waals surface area contributed by atoms with Crippen LogP contribution in [0.1, 0.15) is 5.56 Å². The summed E-state index contributed by atoms with van der Waals surface area (Å²) in [7, 11) is 3.08. The van der Waals surface area contributed by atoms with E-state index in [1.54, 1.807) is 79.9 Å². The number of nitrogens with one attached hydrogen (secondary N) is 1. The van der Waals surface area contributed by atoms with E-state index in [-0.39, 0.29) is 11.3 Å². The molecule has 0 aliphatic carbocycles. The van der Waals surface area contributed by atoms with E-state index in [2.05, 4.69) is 5.32 Å². The van der Waals surface area contributed by atoms with Crippen molar-refractivity contribution in [3.05, 3.63) is 89.1 Å². The van der Waals surface area contributed by atoms with Gasteiger partial charge in [0.2, 0.25) is 0 Å². The first-order chi connectivity index (χ1) is 15.0. The van der Waals surface area contributed by atoms with E-state index in [4.69, 9.17) is 21.1 Å². The fourth-order valence-corrected chi connectivity index (χ4v) is 3.54. The molecule has 0 aromatic heterocycles. The molecule has 1 aliphatic rings. The molecule has 0 atom stereocenters. The minimum Gasteiger partial charge on any atom is -0.497 e. The number of rotatable bonds is 6. The molecular weight excluding hydrogens is 416 g/mol. The van der Waals surface area contributed by atoms with Crippen LogP contribution >= 0.6 is 11.6 Å². The first-order valence-corrected chi connectivity index (χ1v) is 9.84. The first kappa shape index (κ1) is 20.5. The molecule has 0 saturated heterocycles. The number of carbonyl (C=O) groups is 2. The number of ether oxygens (including phenoxy) is 2. The molecule has 1 heterocycles. The molecule has 2 amide bonds. The lowest BCUT2D eigenvalue weighted by molar-refractivity contribution is -0.120. The van der Waals surface area contributed by atoms with Crippen molar-refractivity contribution >= 4 is 40.4 Å². The van der Waals surface area contributed by atoms with Crippen molar-refractivity contribution in [2.45, 2.75) is 0 Å². The van der Waals surface area contributed by atoms with Crippen molar-refractivity contribution in [1.82, 2.24) is 0 Å². The van der Waals surface area contributed by atoms with Crippen LogP contribution in [0, 0.1) is 0 Å². The molecule has 3 aromatic carbocycles. The quantitative estimate of drug-likeness (QED) is 0.567. The molecule has 4 rings (SSSR count). The van der Waals surface area contributed by atoms with Crippen LogP contribution in [0.25, 0.3) is 5.57 Å². The number of imide groups is 1. The number of carbonyl (C=O) groups excluding carboxylic acids is 2. The summed E-state index contributed by atoms with van der Waals surface area (Å²) >= 11 is 5.98. The summed E-state index contributed by atoms with van der Waals surface area (Å²) in [5, 5.41) is 3.62. The smallest absolute Gasteiger partial charge is 0.282 e. The lowest BCUT2D eigenvalue weighted by Gasteiger charge is -2.15. The average molecular weight is 435 g/mol. The summed E-state index contributed by atoms with van der Waals surface area (Å²) in [6.45, 7) is 0. The van der Waals surface area contributed by atoms with Crippen LogP contribution in [0.4, 0.5) is 11.4 Å². The Kier molecular flexibility index (Phi) is 5.64. The summed E-state index contributed by atoms with van der Waals surface area (Å²) in [6, 6.07) is 20.7. The average Bonchev–Trinajstić information content (AvgIpc) is 3.03. The highest BCUT2D eigenvalue weighted by Gasteiger charge is 2.41. The number of halogens is 1. The molecule has 0 radical (unpaired) electrons. The van der Waals surface area contributed by atoms with Gasteiger partial charge in [0, 0.05) is 22.3 Å². The van der Waals surface area contributed by atoms with Crippen LogP contribution in [0.5, 0.6) is 11.5 Å². The lowest BCUT2D eigenvalue weighted by atomic mass is 10.0. The predicted molar refractivity (Wildman–Crippen MR) is 120 cm³/mol. The van der Waals surface area contributed by atoms with E-state index in [1.807, 2.05) is 0 Å². The molecule has 0 unspecified atom stereocenters. The van der Waals surface area contributed by atoms with E-state index >= 15 is 0 Å². The fraction of sp³-hybridized carbons (Fsp3) is 0.0833. The Morgan fingerprint density at radius 2 is 1.58 bits per heavy atom. The molecule has 1 N–H and O–H groups in total. The number of methoxy groups -OCH3 is 2. The molecule has 0 bridgehead atoms. The Hall–Kier alpha value is -3.77. The minimum absolute atomic E-state index is 0.151. The molecule has 0 fully saturated rings. The second kappa shape index (κ2) is 8.53. The number of anilines is 2. The van der Waals surface area contributed by atoms with Crippen LogP contribution in [-0.4, -0.2) is 26.0 Å². The van der Waals surface area contributed by atoms with E-state index in [0.717, 1.165) is 4.90 Å². The third-order valence-electron chi connectivity index (χ3n) is 4.88. The SMILES string of the molecule is COc1cccc(NC2=C(c3ccccc3OC)C(=O)N(c3ccc(Cl)cc3)C2=O)c1.